The van der Waals surface area contributed by atoms with Gasteiger partial charge in [-0.25, -0.2) is 4.79 Å². The van der Waals surface area contributed by atoms with Gasteiger partial charge in [-0.05, 0) is 37.6 Å². The number of cyclic esters (lactones) is 1. The molecule has 0 radical (unpaired) electrons. The first kappa shape index (κ1) is 15.1. The molecule has 3 rings (SSSR count). The second-order valence-electron chi connectivity index (χ2n) is 5.69. The quantitative estimate of drug-likeness (QED) is 0.912. The molecule has 7 heteroatoms. The highest BCUT2D eigenvalue weighted by Gasteiger charge is 2.38. The summed E-state index contributed by atoms with van der Waals surface area (Å²) in [6.45, 7) is 2.02. The van der Waals surface area contributed by atoms with Crippen molar-refractivity contribution < 1.29 is 22.7 Å². The molecule has 0 saturated carbocycles. The van der Waals surface area contributed by atoms with E-state index in [1.54, 1.807) is 0 Å². The number of rotatable bonds is 2. The number of carbonyl (C=O) groups is 1. The van der Waals surface area contributed by atoms with Crippen molar-refractivity contribution in [3.05, 3.63) is 29.8 Å². The maximum absolute atomic E-state index is 12.8. The predicted octanol–water partition coefficient (Wildman–Crippen LogP) is 3.03. The molecule has 2 unspecified atom stereocenters. The number of alkyl halides is 3. The first-order valence-electron chi connectivity index (χ1n) is 7.31. The van der Waals surface area contributed by atoms with Crippen LogP contribution in [0.15, 0.2) is 24.3 Å². The zero-order chi connectivity index (χ0) is 15.7. The fraction of sp³-hybridized carbons (Fsp3) is 0.533. The van der Waals surface area contributed by atoms with Gasteiger partial charge < -0.3 is 10.1 Å². The standard InChI is InChI=1S/C15H17F3N2O2/c16-15(17,18)11-4-1-5-12(7-11)20-9-13(22-14(20)21)10-3-2-6-19-8-10/h1,4-5,7,10,13,19H,2-3,6,8-9H2. The van der Waals surface area contributed by atoms with Crippen LogP contribution < -0.4 is 10.2 Å². The Hall–Kier alpha value is -1.76. The van der Waals surface area contributed by atoms with Crippen molar-refractivity contribution in [1.82, 2.24) is 5.32 Å². The van der Waals surface area contributed by atoms with Gasteiger partial charge in [0, 0.05) is 18.2 Å². The van der Waals surface area contributed by atoms with E-state index in [9.17, 15) is 18.0 Å². The number of hydrogen-bond acceptors (Lipinski definition) is 3. The molecule has 2 aliphatic rings. The number of hydrogen-bond donors (Lipinski definition) is 1. The predicted molar refractivity (Wildman–Crippen MR) is 74.7 cm³/mol. The maximum Gasteiger partial charge on any atom is 0.416 e. The second-order valence-corrected chi connectivity index (χ2v) is 5.69. The van der Waals surface area contributed by atoms with Crippen molar-refractivity contribution in [2.75, 3.05) is 24.5 Å². The van der Waals surface area contributed by atoms with Crippen molar-refractivity contribution in [1.29, 1.82) is 0 Å². The number of nitrogens with zero attached hydrogens (tertiary/aromatic N) is 1. The van der Waals surface area contributed by atoms with Crippen LogP contribution in [-0.4, -0.2) is 31.8 Å². The highest BCUT2D eigenvalue weighted by Crippen LogP contribution is 2.33. The van der Waals surface area contributed by atoms with Crippen LogP contribution in [0.25, 0.3) is 0 Å². The molecule has 2 aliphatic heterocycles. The molecule has 0 bridgehead atoms. The summed E-state index contributed by atoms with van der Waals surface area (Å²) in [4.78, 5) is 13.3. The first-order valence-corrected chi connectivity index (χ1v) is 7.31. The van der Waals surface area contributed by atoms with E-state index in [2.05, 4.69) is 5.32 Å². The molecule has 2 heterocycles. The zero-order valence-corrected chi connectivity index (χ0v) is 11.9. The summed E-state index contributed by atoms with van der Waals surface area (Å²) < 4.78 is 43.7. The number of benzene rings is 1. The Balaban J connectivity index is 1.76. The minimum absolute atomic E-state index is 0.216. The number of halogens is 3. The van der Waals surface area contributed by atoms with Gasteiger partial charge in [0.25, 0.3) is 0 Å². The Bertz CT molecular complexity index is 556. The number of ether oxygens (including phenoxy) is 1. The average Bonchev–Trinajstić information content (AvgIpc) is 2.89. The highest BCUT2D eigenvalue weighted by atomic mass is 19.4. The van der Waals surface area contributed by atoms with Gasteiger partial charge in [-0.1, -0.05) is 6.07 Å². The number of nitrogens with one attached hydrogen (secondary N) is 1. The van der Waals surface area contributed by atoms with Crippen molar-refractivity contribution in [2.45, 2.75) is 25.1 Å². The van der Waals surface area contributed by atoms with Gasteiger partial charge in [0.2, 0.25) is 0 Å². The fourth-order valence-corrected chi connectivity index (χ4v) is 2.99. The SMILES string of the molecule is O=C1OC(C2CCCNC2)CN1c1cccc(C(F)(F)F)c1. The molecule has 4 nitrogen and oxygen atoms in total. The zero-order valence-electron chi connectivity index (χ0n) is 11.9. The van der Waals surface area contributed by atoms with Crippen molar-refractivity contribution in [2.24, 2.45) is 5.92 Å². The minimum atomic E-state index is -4.42. The van der Waals surface area contributed by atoms with Gasteiger partial charge in [0.15, 0.2) is 0 Å². The molecule has 2 saturated heterocycles. The molecule has 120 valence electrons. The highest BCUT2D eigenvalue weighted by molar-refractivity contribution is 5.89. The Kier molecular flexibility index (Phi) is 3.99. The summed E-state index contributed by atoms with van der Waals surface area (Å²) >= 11 is 0. The van der Waals surface area contributed by atoms with Crippen LogP contribution in [0.2, 0.25) is 0 Å². The third-order valence-corrected chi connectivity index (χ3v) is 4.18. The summed E-state index contributed by atoms with van der Waals surface area (Å²) in [6, 6.07) is 4.79. The Morgan fingerprint density at radius 2 is 2.14 bits per heavy atom. The van der Waals surface area contributed by atoms with Crippen LogP contribution in [0.5, 0.6) is 0 Å². The molecular weight excluding hydrogens is 297 g/mol. The molecule has 0 aromatic heterocycles. The summed E-state index contributed by atoms with van der Waals surface area (Å²) in [5.74, 6) is 0.216. The molecule has 0 spiro atoms. The molecular formula is C15H17F3N2O2. The molecule has 1 N–H and O–H groups in total. The van der Waals surface area contributed by atoms with E-state index in [4.69, 9.17) is 4.74 Å². The first-order chi connectivity index (χ1) is 10.4. The maximum atomic E-state index is 12.8. The normalized spacial score (nSPS) is 26.1. The summed E-state index contributed by atoms with van der Waals surface area (Å²) in [7, 11) is 0. The summed E-state index contributed by atoms with van der Waals surface area (Å²) in [5, 5.41) is 3.25. The van der Waals surface area contributed by atoms with E-state index >= 15 is 0 Å². The fourth-order valence-electron chi connectivity index (χ4n) is 2.99. The third kappa shape index (κ3) is 3.04. The molecule has 2 fully saturated rings. The van der Waals surface area contributed by atoms with Gasteiger partial charge in [-0.2, -0.15) is 13.2 Å². The van der Waals surface area contributed by atoms with Crippen LogP contribution in [0.3, 0.4) is 0 Å². The Morgan fingerprint density at radius 1 is 1.32 bits per heavy atom. The van der Waals surface area contributed by atoms with Crippen molar-refractivity contribution in [3.8, 4) is 0 Å². The second kappa shape index (κ2) is 5.79. The topological polar surface area (TPSA) is 41.6 Å². The van der Waals surface area contributed by atoms with Crippen molar-refractivity contribution in [3.63, 3.8) is 0 Å². The summed E-state index contributed by atoms with van der Waals surface area (Å²) in [6.07, 6.45) is -3.29. The van der Waals surface area contributed by atoms with E-state index < -0.39 is 17.8 Å². The lowest BCUT2D eigenvalue weighted by atomic mass is 9.93. The molecule has 1 aromatic carbocycles. The molecule has 1 aromatic rings. The lowest BCUT2D eigenvalue weighted by molar-refractivity contribution is -0.137. The smallest absolute Gasteiger partial charge is 0.416 e. The summed E-state index contributed by atoms with van der Waals surface area (Å²) in [5.41, 5.74) is -0.535. The lowest BCUT2D eigenvalue weighted by Gasteiger charge is -2.26. The van der Waals surface area contributed by atoms with Gasteiger partial charge in [-0.3, -0.25) is 4.90 Å². The van der Waals surface area contributed by atoms with E-state index in [1.165, 1.54) is 17.0 Å². The third-order valence-electron chi connectivity index (χ3n) is 4.18. The molecule has 2 atom stereocenters. The Morgan fingerprint density at radius 3 is 2.82 bits per heavy atom. The number of amides is 1. The van der Waals surface area contributed by atoms with Crippen LogP contribution >= 0.6 is 0 Å². The van der Waals surface area contributed by atoms with Crippen LogP contribution in [0.4, 0.5) is 23.7 Å². The number of piperidine rings is 1. The van der Waals surface area contributed by atoms with Crippen LogP contribution in [0, 0.1) is 5.92 Å². The molecule has 22 heavy (non-hydrogen) atoms. The minimum Gasteiger partial charge on any atom is -0.444 e. The van der Waals surface area contributed by atoms with Gasteiger partial charge >= 0.3 is 12.3 Å². The molecule has 0 aliphatic carbocycles. The van der Waals surface area contributed by atoms with E-state index in [0.29, 0.717) is 6.54 Å². The Labute approximate surface area is 126 Å². The number of carbonyl (C=O) groups excluding carboxylic acids is 1. The lowest BCUT2D eigenvalue weighted by Crippen LogP contribution is -2.38. The van der Waals surface area contributed by atoms with E-state index in [0.717, 1.165) is 38.1 Å². The average molecular weight is 314 g/mol. The van der Waals surface area contributed by atoms with E-state index in [1.807, 2.05) is 0 Å². The van der Waals surface area contributed by atoms with E-state index in [-0.39, 0.29) is 17.7 Å². The monoisotopic (exact) mass is 314 g/mol. The van der Waals surface area contributed by atoms with Gasteiger partial charge in [0.1, 0.15) is 6.10 Å². The largest absolute Gasteiger partial charge is 0.444 e. The van der Waals surface area contributed by atoms with Gasteiger partial charge in [-0.15, -0.1) is 0 Å². The van der Waals surface area contributed by atoms with Gasteiger partial charge in [0.05, 0.1) is 12.1 Å². The number of anilines is 1. The van der Waals surface area contributed by atoms with Crippen molar-refractivity contribution >= 4 is 11.8 Å². The molecule has 1 amide bonds. The van der Waals surface area contributed by atoms with Crippen LogP contribution in [-0.2, 0) is 10.9 Å². The van der Waals surface area contributed by atoms with Crippen LogP contribution in [0.1, 0.15) is 18.4 Å².